The minimum atomic E-state index is -0.152. The fourth-order valence-corrected chi connectivity index (χ4v) is 2.62. The highest BCUT2D eigenvalue weighted by Gasteiger charge is 2.08. The van der Waals surface area contributed by atoms with Gasteiger partial charge in [-0.1, -0.05) is 19.9 Å². The summed E-state index contributed by atoms with van der Waals surface area (Å²) in [4.78, 5) is 19.3. The maximum absolute atomic E-state index is 11.3. The Bertz CT molecular complexity index is 616. The van der Waals surface area contributed by atoms with E-state index in [1.807, 2.05) is 12.1 Å². The molecule has 5 heteroatoms. The van der Waals surface area contributed by atoms with Crippen LogP contribution in [0.15, 0.2) is 23.0 Å². The normalized spacial score (nSPS) is 13.1. The van der Waals surface area contributed by atoms with Crippen molar-refractivity contribution in [1.82, 2.24) is 20.2 Å². The number of nitrogens with zero attached hydrogens (tertiary/aromatic N) is 1. The molecule has 1 heterocycles. The van der Waals surface area contributed by atoms with Gasteiger partial charge in [-0.2, -0.15) is 0 Å². The number of benzene rings is 1. The van der Waals surface area contributed by atoms with Crippen molar-refractivity contribution in [2.75, 3.05) is 26.2 Å². The van der Waals surface area contributed by atoms with Crippen molar-refractivity contribution in [2.45, 2.75) is 33.2 Å². The van der Waals surface area contributed by atoms with Crippen LogP contribution >= 0.6 is 0 Å². The van der Waals surface area contributed by atoms with Crippen molar-refractivity contribution in [1.29, 1.82) is 0 Å². The SMILES string of the molecule is CCCN(CC)CCNC(C)c1ccc2[nH]c(=O)[nH]c2c1. The molecule has 3 N–H and O–H groups in total. The van der Waals surface area contributed by atoms with E-state index in [-0.39, 0.29) is 11.7 Å². The number of imidazole rings is 1. The summed E-state index contributed by atoms with van der Waals surface area (Å²) in [6.45, 7) is 10.9. The van der Waals surface area contributed by atoms with Crippen LogP contribution in [0.25, 0.3) is 11.0 Å². The maximum Gasteiger partial charge on any atom is 0.323 e. The zero-order valence-electron chi connectivity index (χ0n) is 13.2. The van der Waals surface area contributed by atoms with Crippen LogP contribution in [0, 0.1) is 0 Å². The van der Waals surface area contributed by atoms with E-state index in [0.29, 0.717) is 0 Å². The van der Waals surface area contributed by atoms with Gasteiger partial charge in [0.15, 0.2) is 0 Å². The third-order valence-corrected chi connectivity index (χ3v) is 3.91. The number of aromatic amines is 2. The highest BCUT2D eigenvalue weighted by atomic mass is 16.1. The van der Waals surface area contributed by atoms with Crippen LogP contribution in [0.4, 0.5) is 0 Å². The van der Waals surface area contributed by atoms with E-state index >= 15 is 0 Å². The van der Waals surface area contributed by atoms with Crippen molar-refractivity contribution in [3.63, 3.8) is 0 Å². The van der Waals surface area contributed by atoms with Crippen molar-refractivity contribution in [3.05, 3.63) is 34.2 Å². The average molecular weight is 290 g/mol. The molecule has 116 valence electrons. The van der Waals surface area contributed by atoms with Gasteiger partial charge in [0.05, 0.1) is 11.0 Å². The van der Waals surface area contributed by atoms with Crippen LogP contribution in [-0.4, -0.2) is 41.0 Å². The van der Waals surface area contributed by atoms with Crippen molar-refractivity contribution >= 4 is 11.0 Å². The smallest absolute Gasteiger partial charge is 0.309 e. The highest BCUT2D eigenvalue weighted by Crippen LogP contribution is 2.16. The monoisotopic (exact) mass is 290 g/mol. The van der Waals surface area contributed by atoms with Gasteiger partial charge in [-0.05, 0) is 44.1 Å². The van der Waals surface area contributed by atoms with E-state index in [0.717, 1.165) is 37.2 Å². The van der Waals surface area contributed by atoms with E-state index < -0.39 is 0 Å². The lowest BCUT2D eigenvalue weighted by Crippen LogP contribution is -2.33. The van der Waals surface area contributed by atoms with Crippen LogP contribution in [0.1, 0.15) is 38.8 Å². The molecular weight excluding hydrogens is 264 g/mol. The Hall–Kier alpha value is -1.59. The summed E-state index contributed by atoms with van der Waals surface area (Å²) in [6.07, 6.45) is 1.20. The fraction of sp³-hybridized carbons (Fsp3) is 0.562. The van der Waals surface area contributed by atoms with Crippen LogP contribution in [0.3, 0.4) is 0 Å². The van der Waals surface area contributed by atoms with Gasteiger partial charge < -0.3 is 20.2 Å². The maximum atomic E-state index is 11.3. The summed E-state index contributed by atoms with van der Waals surface area (Å²) >= 11 is 0. The molecule has 21 heavy (non-hydrogen) atoms. The van der Waals surface area contributed by atoms with E-state index in [1.165, 1.54) is 12.0 Å². The zero-order chi connectivity index (χ0) is 15.2. The molecule has 0 saturated carbocycles. The Morgan fingerprint density at radius 2 is 1.95 bits per heavy atom. The predicted octanol–water partition coefficient (Wildman–Crippen LogP) is 2.24. The van der Waals surface area contributed by atoms with Gasteiger partial charge in [0.2, 0.25) is 0 Å². The molecule has 0 aliphatic rings. The fourth-order valence-electron chi connectivity index (χ4n) is 2.62. The summed E-state index contributed by atoms with van der Waals surface area (Å²) in [5, 5.41) is 3.55. The Morgan fingerprint density at radius 3 is 2.67 bits per heavy atom. The van der Waals surface area contributed by atoms with Gasteiger partial charge in [-0.3, -0.25) is 0 Å². The second kappa shape index (κ2) is 7.43. The molecule has 2 aromatic rings. The topological polar surface area (TPSA) is 63.9 Å². The highest BCUT2D eigenvalue weighted by molar-refractivity contribution is 5.75. The number of likely N-dealkylation sites (N-methyl/N-ethyl adjacent to an activating group) is 1. The predicted molar refractivity (Wildman–Crippen MR) is 87.7 cm³/mol. The van der Waals surface area contributed by atoms with Gasteiger partial charge >= 0.3 is 5.69 Å². The third-order valence-electron chi connectivity index (χ3n) is 3.91. The van der Waals surface area contributed by atoms with Gasteiger partial charge in [0.25, 0.3) is 0 Å². The molecule has 0 amide bonds. The van der Waals surface area contributed by atoms with E-state index in [2.05, 4.69) is 47.0 Å². The van der Waals surface area contributed by atoms with Crippen molar-refractivity contribution in [2.24, 2.45) is 0 Å². The molecule has 0 spiro atoms. The van der Waals surface area contributed by atoms with Gasteiger partial charge in [0.1, 0.15) is 0 Å². The number of hydrogen-bond donors (Lipinski definition) is 3. The van der Waals surface area contributed by atoms with Crippen LogP contribution in [-0.2, 0) is 0 Å². The summed E-state index contributed by atoms with van der Waals surface area (Å²) in [5.41, 5.74) is 2.76. The summed E-state index contributed by atoms with van der Waals surface area (Å²) in [6, 6.07) is 6.33. The summed E-state index contributed by atoms with van der Waals surface area (Å²) in [5.74, 6) is 0. The molecular formula is C16H26N4O. The molecule has 0 radical (unpaired) electrons. The van der Waals surface area contributed by atoms with Gasteiger partial charge in [-0.25, -0.2) is 4.79 Å². The molecule has 0 bridgehead atoms. The van der Waals surface area contributed by atoms with Crippen molar-refractivity contribution < 1.29 is 0 Å². The third kappa shape index (κ3) is 4.19. The Balaban J connectivity index is 1.92. The molecule has 2 rings (SSSR count). The quantitative estimate of drug-likeness (QED) is 0.698. The second-order valence-corrected chi connectivity index (χ2v) is 5.49. The second-order valence-electron chi connectivity index (χ2n) is 5.49. The molecule has 0 aliphatic heterocycles. The Labute approximate surface area is 125 Å². The number of aromatic nitrogens is 2. The first-order valence-corrected chi connectivity index (χ1v) is 7.81. The van der Waals surface area contributed by atoms with E-state index in [1.54, 1.807) is 0 Å². The Morgan fingerprint density at radius 1 is 1.19 bits per heavy atom. The molecule has 1 unspecified atom stereocenters. The number of H-pyrrole nitrogens is 2. The van der Waals surface area contributed by atoms with E-state index in [9.17, 15) is 4.79 Å². The first-order chi connectivity index (χ1) is 10.1. The molecule has 5 nitrogen and oxygen atoms in total. The molecule has 1 aromatic heterocycles. The lowest BCUT2D eigenvalue weighted by atomic mass is 10.1. The van der Waals surface area contributed by atoms with Crippen LogP contribution < -0.4 is 11.0 Å². The standard InChI is InChI=1S/C16H26N4O/c1-4-9-20(5-2)10-8-17-12(3)13-6-7-14-15(11-13)19-16(21)18-14/h6-7,11-12,17H,4-5,8-10H2,1-3H3,(H2,18,19,21). The summed E-state index contributed by atoms with van der Waals surface area (Å²) < 4.78 is 0. The van der Waals surface area contributed by atoms with Crippen LogP contribution in [0.5, 0.6) is 0 Å². The Kier molecular flexibility index (Phi) is 5.59. The molecule has 0 aliphatic carbocycles. The minimum Gasteiger partial charge on any atom is -0.309 e. The van der Waals surface area contributed by atoms with E-state index in [4.69, 9.17) is 0 Å². The number of nitrogens with one attached hydrogen (secondary N) is 3. The lowest BCUT2D eigenvalue weighted by molar-refractivity contribution is 0.284. The first-order valence-electron chi connectivity index (χ1n) is 7.81. The summed E-state index contributed by atoms with van der Waals surface area (Å²) in [7, 11) is 0. The molecule has 1 atom stereocenters. The molecule has 1 aromatic carbocycles. The number of rotatable bonds is 8. The van der Waals surface area contributed by atoms with Gasteiger partial charge in [-0.15, -0.1) is 0 Å². The minimum absolute atomic E-state index is 0.152. The number of hydrogen-bond acceptors (Lipinski definition) is 3. The first kappa shape index (κ1) is 15.8. The number of fused-ring (bicyclic) bond motifs is 1. The van der Waals surface area contributed by atoms with Crippen LogP contribution in [0.2, 0.25) is 0 Å². The van der Waals surface area contributed by atoms with Gasteiger partial charge in [0, 0.05) is 19.1 Å². The largest absolute Gasteiger partial charge is 0.323 e. The average Bonchev–Trinajstić information content (AvgIpc) is 2.85. The van der Waals surface area contributed by atoms with Crippen molar-refractivity contribution in [3.8, 4) is 0 Å². The zero-order valence-corrected chi connectivity index (χ0v) is 13.2. The molecule has 0 fully saturated rings. The lowest BCUT2D eigenvalue weighted by Gasteiger charge is -2.21. The molecule has 0 saturated heterocycles.